The Kier molecular flexibility index (Phi) is 7.57. The van der Waals surface area contributed by atoms with E-state index in [9.17, 15) is 9.59 Å². The van der Waals surface area contributed by atoms with Crippen molar-refractivity contribution in [3.63, 3.8) is 0 Å². The zero-order valence-electron chi connectivity index (χ0n) is 13.6. The minimum absolute atomic E-state index is 0.329. The molecule has 1 unspecified atom stereocenters. The van der Waals surface area contributed by atoms with Gasteiger partial charge in [0.1, 0.15) is 11.6 Å². The predicted molar refractivity (Wildman–Crippen MR) is 77.9 cm³/mol. The molecule has 0 saturated carbocycles. The van der Waals surface area contributed by atoms with Crippen molar-refractivity contribution in [3.05, 3.63) is 0 Å². The van der Waals surface area contributed by atoms with E-state index in [4.69, 9.17) is 18.9 Å². The number of carbonyl (C=O) groups is 2. The summed E-state index contributed by atoms with van der Waals surface area (Å²) in [4.78, 5) is 23.3. The molecular formula is C14H26N2O6. The second kappa shape index (κ2) is 8.92. The SMILES string of the molecule is COC(=O)C(CCC1OCCCO1)NNC(=O)OC(C)(C)C. The van der Waals surface area contributed by atoms with Gasteiger partial charge in [0.15, 0.2) is 6.29 Å². The van der Waals surface area contributed by atoms with Crippen molar-refractivity contribution in [2.75, 3.05) is 20.3 Å². The van der Waals surface area contributed by atoms with Crippen molar-refractivity contribution in [2.45, 2.75) is 58.0 Å². The number of nitrogens with one attached hydrogen (secondary N) is 2. The number of esters is 1. The molecule has 0 aliphatic carbocycles. The second-order valence-electron chi connectivity index (χ2n) is 5.95. The van der Waals surface area contributed by atoms with Crippen LogP contribution < -0.4 is 10.9 Å². The molecule has 128 valence electrons. The summed E-state index contributed by atoms with van der Waals surface area (Å²) < 4.78 is 20.6. The van der Waals surface area contributed by atoms with Crippen molar-refractivity contribution in [3.8, 4) is 0 Å². The van der Waals surface area contributed by atoms with Crippen LogP contribution in [0.1, 0.15) is 40.0 Å². The maximum Gasteiger partial charge on any atom is 0.422 e. The van der Waals surface area contributed by atoms with Crippen LogP contribution in [0.2, 0.25) is 0 Å². The number of hydrazine groups is 1. The van der Waals surface area contributed by atoms with Crippen LogP contribution >= 0.6 is 0 Å². The first-order valence-electron chi connectivity index (χ1n) is 7.37. The van der Waals surface area contributed by atoms with Crippen LogP contribution in [-0.2, 0) is 23.7 Å². The van der Waals surface area contributed by atoms with E-state index in [1.54, 1.807) is 20.8 Å². The van der Waals surface area contributed by atoms with E-state index in [1.165, 1.54) is 7.11 Å². The molecule has 0 bridgehead atoms. The summed E-state index contributed by atoms with van der Waals surface area (Å²) in [7, 11) is 1.29. The summed E-state index contributed by atoms with van der Waals surface area (Å²) >= 11 is 0. The lowest BCUT2D eigenvalue weighted by Gasteiger charge is -2.25. The van der Waals surface area contributed by atoms with Gasteiger partial charge in [-0.15, -0.1) is 0 Å². The van der Waals surface area contributed by atoms with Gasteiger partial charge in [-0.2, -0.15) is 0 Å². The van der Waals surface area contributed by atoms with Crippen LogP contribution in [0.4, 0.5) is 4.79 Å². The highest BCUT2D eigenvalue weighted by Gasteiger charge is 2.24. The average molecular weight is 318 g/mol. The molecule has 1 heterocycles. The Bertz CT molecular complexity index is 363. The minimum Gasteiger partial charge on any atom is -0.468 e. The lowest BCUT2D eigenvalue weighted by molar-refractivity contribution is -0.182. The number of rotatable bonds is 6. The van der Waals surface area contributed by atoms with E-state index >= 15 is 0 Å². The van der Waals surface area contributed by atoms with Gasteiger partial charge in [0, 0.05) is 6.42 Å². The number of hydrogen-bond donors (Lipinski definition) is 2. The fraction of sp³-hybridized carbons (Fsp3) is 0.857. The second-order valence-corrected chi connectivity index (χ2v) is 5.95. The fourth-order valence-corrected chi connectivity index (χ4v) is 1.85. The summed E-state index contributed by atoms with van der Waals surface area (Å²) in [6, 6.07) is -0.702. The van der Waals surface area contributed by atoms with E-state index in [0.29, 0.717) is 26.1 Å². The van der Waals surface area contributed by atoms with Gasteiger partial charge < -0.3 is 18.9 Å². The molecule has 1 saturated heterocycles. The molecule has 8 nitrogen and oxygen atoms in total. The molecule has 22 heavy (non-hydrogen) atoms. The van der Waals surface area contributed by atoms with Gasteiger partial charge in [-0.3, -0.25) is 10.2 Å². The largest absolute Gasteiger partial charge is 0.468 e. The number of ether oxygens (including phenoxy) is 4. The van der Waals surface area contributed by atoms with Gasteiger partial charge in [-0.1, -0.05) is 0 Å². The van der Waals surface area contributed by atoms with Gasteiger partial charge in [0.25, 0.3) is 0 Å². The molecule has 0 aromatic rings. The van der Waals surface area contributed by atoms with Crippen LogP contribution in [0.5, 0.6) is 0 Å². The zero-order valence-corrected chi connectivity index (χ0v) is 13.6. The lowest BCUT2D eigenvalue weighted by Crippen LogP contribution is -2.50. The predicted octanol–water partition coefficient (Wildman–Crippen LogP) is 1.10. The lowest BCUT2D eigenvalue weighted by atomic mass is 10.1. The van der Waals surface area contributed by atoms with E-state index in [2.05, 4.69) is 10.9 Å². The highest BCUT2D eigenvalue weighted by Crippen LogP contribution is 2.12. The Labute approximate surface area is 130 Å². The van der Waals surface area contributed by atoms with E-state index in [-0.39, 0.29) is 6.29 Å². The molecule has 8 heteroatoms. The van der Waals surface area contributed by atoms with Crippen LogP contribution in [-0.4, -0.2) is 50.3 Å². The van der Waals surface area contributed by atoms with Gasteiger partial charge in [0.2, 0.25) is 0 Å². The standard InChI is InChI=1S/C14H26N2O6/c1-14(2,3)22-13(18)16-15-10(12(17)19-4)6-7-11-20-8-5-9-21-11/h10-11,15H,5-9H2,1-4H3,(H,16,18). The Morgan fingerprint density at radius 3 is 2.45 bits per heavy atom. The normalized spacial score (nSPS) is 17.6. The Hall–Kier alpha value is -1.38. The summed E-state index contributed by atoms with van der Waals surface area (Å²) in [5.41, 5.74) is 4.36. The molecule has 1 amide bonds. The van der Waals surface area contributed by atoms with Crippen molar-refractivity contribution in [1.29, 1.82) is 0 Å². The van der Waals surface area contributed by atoms with Crippen LogP contribution in [0.3, 0.4) is 0 Å². The molecule has 1 rings (SSSR count). The van der Waals surface area contributed by atoms with Crippen molar-refractivity contribution in [2.24, 2.45) is 0 Å². The van der Waals surface area contributed by atoms with Gasteiger partial charge >= 0.3 is 12.1 Å². The summed E-state index contributed by atoms with van der Waals surface area (Å²) in [5, 5.41) is 0. The summed E-state index contributed by atoms with van der Waals surface area (Å²) in [6.07, 6.45) is 0.793. The molecule has 1 aliphatic rings. The Morgan fingerprint density at radius 2 is 1.91 bits per heavy atom. The topological polar surface area (TPSA) is 95.1 Å². The molecule has 0 aromatic heterocycles. The quantitative estimate of drug-likeness (QED) is 0.559. The fourth-order valence-electron chi connectivity index (χ4n) is 1.85. The molecule has 1 aliphatic heterocycles. The first-order valence-corrected chi connectivity index (χ1v) is 7.37. The molecule has 0 radical (unpaired) electrons. The first kappa shape index (κ1) is 18.7. The smallest absolute Gasteiger partial charge is 0.422 e. The number of methoxy groups -OCH3 is 1. The minimum atomic E-state index is -0.702. The highest BCUT2D eigenvalue weighted by molar-refractivity contribution is 5.76. The van der Waals surface area contributed by atoms with Crippen molar-refractivity contribution < 1.29 is 28.5 Å². The van der Waals surface area contributed by atoms with Crippen LogP contribution in [0.25, 0.3) is 0 Å². The molecule has 0 aromatic carbocycles. The number of amides is 1. The molecule has 2 N–H and O–H groups in total. The van der Waals surface area contributed by atoms with Gasteiger partial charge in [0.05, 0.1) is 20.3 Å². The van der Waals surface area contributed by atoms with E-state index in [0.717, 1.165) is 6.42 Å². The number of carbonyl (C=O) groups excluding carboxylic acids is 2. The van der Waals surface area contributed by atoms with Gasteiger partial charge in [-0.05, 0) is 33.6 Å². The van der Waals surface area contributed by atoms with Crippen molar-refractivity contribution >= 4 is 12.1 Å². The number of hydrogen-bond acceptors (Lipinski definition) is 7. The maximum atomic E-state index is 11.7. The third-order valence-electron chi connectivity index (χ3n) is 2.82. The molecular weight excluding hydrogens is 292 g/mol. The third kappa shape index (κ3) is 7.58. The van der Waals surface area contributed by atoms with Crippen LogP contribution in [0, 0.1) is 0 Å². The molecule has 1 fully saturated rings. The Balaban J connectivity index is 2.39. The monoisotopic (exact) mass is 318 g/mol. The molecule has 1 atom stereocenters. The van der Waals surface area contributed by atoms with Crippen molar-refractivity contribution in [1.82, 2.24) is 10.9 Å². The highest BCUT2D eigenvalue weighted by atomic mass is 16.7. The van der Waals surface area contributed by atoms with E-state index < -0.39 is 23.7 Å². The third-order valence-corrected chi connectivity index (χ3v) is 2.82. The first-order chi connectivity index (χ1) is 10.3. The summed E-state index contributed by atoms with van der Waals surface area (Å²) in [5.74, 6) is -0.480. The molecule has 0 spiro atoms. The van der Waals surface area contributed by atoms with Crippen LogP contribution in [0.15, 0.2) is 0 Å². The zero-order chi connectivity index (χ0) is 16.6. The van der Waals surface area contributed by atoms with E-state index in [1.807, 2.05) is 0 Å². The van der Waals surface area contributed by atoms with Gasteiger partial charge in [-0.25, -0.2) is 10.2 Å². The summed E-state index contributed by atoms with van der Waals surface area (Å²) in [6.45, 7) is 6.56. The maximum absolute atomic E-state index is 11.7. The average Bonchev–Trinajstić information content (AvgIpc) is 2.45. The Morgan fingerprint density at radius 1 is 1.27 bits per heavy atom.